The largest absolute Gasteiger partial charge is 0.331 e. The van der Waals surface area contributed by atoms with Gasteiger partial charge in [-0.1, -0.05) is 38.1 Å². The van der Waals surface area contributed by atoms with Gasteiger partial charge in [0.25, 0.3) is 0 Å². The number of hydrogen-bond acceptors (Lipinski definition) is 2. The minimum Gasteiger partial charge on any atom is -0.331 e. The highest BCUT2D eigenvalue weighted by Gasteiger charge is 2.09. The minimum absolute atomic E-state index is 0.454. The molecule has 1 heterocycles. The maximum absolute atomic E-state index is 4.45. The van der Waals surface area contributed by atoms with Gasteiger partial charge in [-0.2, -0.15) is 0 Å². The van der Waals surface area contributed by atoms with E-state index >= 15 is 0 Å². The second-order valence-corrected chi connectivity index (χ2v) is 5.07. The molecule has 0 radical (unpaired) electrons. The number of imidazole rings is 1. The van der Waals surface area contributed by atoms with Crippen LogP contribution < -0.4 is 5.32 Å². The van der Waals surface area contributed by atoms with Crippen molar-refractivity contribution in [2.24, 2.45) is 0 Å². The quantitative estimate of drug-likeness (QED) is 0.824. The Balaban J connectivity index is 2.17. The molecule has 0 aliphatic rings. The van der Waals surface area contributed by atoms with E-state index in [9.17, 15) is 0 Å². The first-order valence-electron chi connectivity index (χ1n) is 7.65. The summed E-state index contributed by atoms with van der Waals surface area (Å²) >= 11 is 0. The van der Waals surface area contributed by atoms with E-state index in [1.807, 2.05) is 12.4 Å². The van der Waals surface area contributed by atoms with Crippen molar-refractivity contribution in [2.45, 2.75) is 46.2 Å². The number of nitrogens with zero attached hydrogens (tertiary/aromatic N) is 2. The van der Waals surface area contributed by atoms with E-state index in [-0.39, 0.29) is 0 Å². The summed E-state index contributed by atoms with van der Waals surface area (Å²) in [5.74, 6) is 1.05. The lowest BCUT2D eigenvalue weighted by Crippen LogP contribution is -2.21. The van der Waals surface area contributed by atoms with Crippen molar-refractivity contribution in [3.63, 3.8) is 0 Å². The second kappa shape index (κ2) is 7.25. The molecule has 1 atom stereocenters. The number of rotatable bonds is 7. The van der Waals surface area contributed by atoms with Gasteiger partial charge in [0.2, 0.25) is 0 Å². The van der Waals surface area contributed by atoms with Crippen LogP contribution in [0.25, 0.3) is 11.4 Å². The molecular formula is C17H25N3. The molecule has 1 aromatic heterocycles. The average Bonchev–Trinajstić information content (AvgIpc) is 2.97. The van der Waals surface area contributed by atoms with Crippen LogP contribution in [0.5, 0.6) is 0 Å². The number of aromatic nitrogens is 2. The third-order valence-electron chi connectivity index (χ3n) is 3.68. The number of aryl methyl sites for hydroxylation is 1. The molecule has 2 aromatic rings. The molecule has 1 unspecified atom stereocenters. The third kappa shape index (κ3) is 3.28. The SMILES string of the molecule is CCCNC(CC)c1ccc(-c2nccn2CC)cc1. The van der Waals surface area contributed by atoms with Gasteiger partial charge in [-0.05, 0) is 31.9 Å². The van der Waals surface area contributed by atoms with Gasteiger partial charge in [-0.15, -0.1) is 0 Å². The standard InChI is InChI=1S/C17H25N3/c1-4-11-18-16(5-2)14-7-9-15(10-8-14)17-19-12-13-20(17)6-3/h7-10,12-13,16,18H,4-6,11H2,1-3H3. The molecule has 2 rings (SSSR count). The Bertz CT molecular complexity index is 513. The Morgan fingerprint density at radius 3 is 2.50 bits per heavy atom. The normalized spacial score (nSPS) is 12.6. The molecule has 0 aliphatic carbocycles. The van der Waals surface area contributed by atoms with Crippen molar-refractivity contribution >= 4 is 0 Å². The Hall–Kier alpha value is -1.61. The van der Waals surface area contributed by atoms with Gasteiger partial charge < -0.3 is 9.88 Å². The smallest absolute Gasteiger partial charge is 0.139 e. The van der Waals surface area contributed by atoms with Gasteiger partial charge in [-0.3, -0.25) is 0 Å². The number of hydrogen-bond donors (Lipinski definition) is 1. The first-order chi connectivity index (χ1) is 9.80. The summed E-state index contributed by atoms with van der Waals surface area (Å²) in [7, 11) is 0. The summed E-state index contributed by atoms with van der Waals surface area (Å²) in [4.78, 5) is 4.45. The molecule has 0 fully saturated rings. The minimum atomic E-state index is 0.454. The zero-order valence-corrected chi connectivity index (χ0v) is 12.8. The highest BCUT2D eigenvalue weighted by atomic mass is 15.1. The van der Waals surface area contributed by atoms with Crippen LogP contribution in [-0.4, -0.2) is 16.1 Å². The summed E-state index contributed by atoms with van der Waals surface area (Å²) in [6.07, 6.45) is 6.18. The molecule has 0 amide bonds. The van der Waals surface area contributed by atoms with E-state index < -0.39 is 0 Å². The van der Waals surface area contributed by atoms with Crippen molar-refractivity contribution in [3.05, 3.63) is 42.2 Å². The van der Waals surface area contributed by atoms with E-state index in [1.54, 1.807) is 0 Å². The van der Waals surface area contributed by atoms with E-state index in [1.165, 1.54) is 17.5 Å². The van der Waals surface area contributed by atoms with Crippen molar-refractivity contribution in [1.82, 2.24) is 14.9 Å². The van der Waals surface area contributed by atoms with E-state index in [0.29, 0.717) is 6.04 Å². The Kier molecular flexibility index (Phi) is 5.36. The first-order valence-corrected chi connectivity index (χ1v) is 7.65. The molecule has 0 aliphatic heterocycles. The maximum atomic E-state index is 4.45. The summed E-state index contributed by atoms with van der Waals surface area (Å²) in [5, 5.41) is 3.59. The van der Waals surface area contributed by atoms with Crippen molar-refractivity contribution in [2.75, 3.05) is 6.54 Å². The van der Waals surface area contributed by atoms with Crippen LogP contribution in [0.2, 0.25) is 0 Å². The van der Waals surface area contributed by atoms with E-state index in [2.05, 4.69) is 59.9 Å². The second-order valence-electron chi connectivity index (χ2n) is 5.07. The fourth-order valence-corrected chi connectivity index (χ4v) is 2.51. The Labute approximate surface area is 122 Å². The lowest BCUT2D eigenvalue weighted by molar-refractivity contribution is 0.518. The van der Waals surface area contributed by atoms with Gasteiger partial charge >= 0.3 is 0 Å². The molecule has 0 saturated carbocycles. The van der Waals surface area contributed by atoms with Crippen LogP contribution in [0.15, 0.2) is 36.7 Å². The van der Waals surface area contributed by atoms with Crippen LogP contribution in [0.3, 0.4) is 0 Å². The van der Waals surface area contributed by atoms with Gasteiger partial charge in [0, 0.05) is 30.5 Å². The van der Waals surface area contributed by atoms with Crippen LogP contribution >= 0.6 is 0 Å². The van der Waals surface area contributed by atoms with Gasteiger partial charge in [0.1, 0.15) is 5.82 Å². The van der Waals surface area contributed by atoms with Crippen molar-refractivity contribution in [3.8, 4) is 11.4 Å². The third-order valence-corrected chi connectivity index (χ3v) is 3.68. The van der Waals surface area contributed by atoms with E-state index in [0.717, 1.165) is 25.3 Å². The predicted molar refractivity (Wildman–Crippen MR) is 84.7 cm³/mol. The van der Waals surface area contributed by atoms with Crippen LogP contribution in [-0.2, 0) is 6.54 Å². The molecule has 0 bridgehead atoms. The summed E-state index contributed by atoms with van der Waals surface area (Å²) in [5.41, 5.74) is 2.55. The highest BCUT2D eigenvalue weighted by Crippen LogP contribution is 2.22. The van der Waals surface area contributed by atoms with Crippen LogP contribution in [0.1, 0.15) is 45.2 Å². The molecule has 3 nitrogen and oxygen atoms in total. The Morgan fingerprint density at radius 2 is 1.90 bits per heavy atom. The fraction of sp³-hybridized carbons (Fsp3) is 0.471. The van der Waals surface area contributed by atoms with Crippen LogP contribution in [0.4, 0.5) is 0 Å². The fourth-order valence-electron chi connectivity index (χ4n) is 2.51. The number of benzene rings is 1. The van der Waals surface area contributed by atoms with Gasteiger partial charge in [0.15, 0.2) is 0 Å². The molecule has 108 valence electrons. The Morgan fingerprint density at radius 1 is 1.15 bits per heavy atom. The zero-order chi connectivity index (χ0) is 14.4. The first kappa shape index (κ1) is 14.8. The zero-order valence-electron chi connectivity index (χ0n) is 12.8. The van der Waals surface area contributed by atoms with E-state index in [4.69, 9.17) is 0 Å². The summed E-state index contributed by atoms with van der Waals surface area (Å²) < 4.78 is 2.17. The maximum Gasteiger partial charge on any atom is 0.139 e. The molecular weight excluding hydrogens is 246 g/mol. The average molecular weight is 271 g/mol. The van der Waals surface area contributed by atoms with Gasteiger partial charge in [-0.25, -0.2) is 4.98 Å². The lowest BCUT2D eigenvalue weighted by Gasteiger charge is -2.17. The molecule has 20 heavy (non-hydrogen) atoms. The van der Waals surface area contributed by atoms with Gasteiger partial charge in [0.05, 0.1) is 0 Å². The summed E-state index contributed by atoms with van der Waals surface area (Å²) in [6.45, 7) is 8.59. The monoisotopic (exact) mass is 271 g/mol. The topological polar surface area (TPSA) is 29.9 Å². The molecule has 1 aromatic carbocycles. The molecule has 0 saturated heterocycles. The molecule has 1 N–H and O–H groups in total. The predicted octanol–water partition coefficient (Wildman–Crippen LogP) is 4.02. The van der Waals surface area contributed by atoms with Crippen LogP contribution in [0, 0.1) is 0 Å². The van der Waals surface area contributed by atoms with Crippen molar-refractivity contribution < 1.29 is 0 Å². The molecule has 3 heteroatoms. The number of nitrogens with one attached hydrogen (secondary N) is 1. The summed E-state index contributed by atoms with van der Waals surface area (Å²) in [6, 6.07) is 9.26. The highest BCUT2D eigenvalue weighted by molar-refractivity contribution is 5.56. The lowest BCUT2D eigenvalue weighted by atomic mass is 10.0. The van der Waals surface area contributed by atoms with Crippen molar-refractivity contribution in [1.29, 1.82) is 0 Å². The molecule has 0 spiro atoms.